The van der Waals surface area contributed by atoms with Gasteiger partial charge in [-0.1, -0.05) is 42.1 Å². The molecule has 0 aliphatic heterocycles. The van der Waals surface area contributed by atoms with Crippen molar-refractivity contribution in [1.29, 1.82) is 0 Å². The number of aromatic nitrogens is 4. The normalized spacial score (nSPS) is 11.6. The molecule has 0 fully saturated rings. The van der Waals surface area contributed by atoms with Crippen LogP contribution in [0.15, 0.2) is 75.3 Å². The number of nitrogen functional groups attached to an aromatic ring is 1. The molecule has 2 aromatic heterocycles. The molecule has 2 aromatic carbocycles. The second-order valence-corrected chi connectivity index (χ2v) is 8.53. The lowest BCUT2D eigenvalue weighted by Crippen LogP contribution is -2.12. The molecular weight excluding hydrogens is 412 g/mol. The summed E-state index contributed by atoms with van der Waals surface area (Å²) >= 11 is 1.42. The fraction of sp³-hybridized carbons (Fsp3) is 0.0556. The molecule has 0 bridgehead atoms. The molecule has 0 unspecified atom stereocenters. The second kappa shape index (κ2) is 7.70. The highest BCUT2D eigenvalue weighted by Gasteiger charge is 2.18. The predicted octanol–water partition coefficient (Wildman–Crippen LogP) is 2.44. The van der Waals surface area contributed by atoms with Crippen molar-refractivity contribution >= 4 is 27.6 Å². The highest BCUT2D eigenvalue weighted by Crippen LogP contribution is 2.30. The third-order valence-corrected chi connectivity index (χ3v) is 5.88. The van der Waals surface area contributed by atoms with Gasteiger partial charge < -0.3 is 10.2 Å². The Bertz CT molecular complexity index is 1230. The molecule has 0 aliphatic carbocycles. The Morgan fingerprint density at radius 2 is 1.76 bits per heavy atom. The average molecular weight is 428 g/mol. The van der Waals surface area contributed by atoms with Gasteiger partial charge in [0.25, 0.3) is 11.1 Å². The van der Waals surface area contributed by atoms with Crippen molar-refractivity contribution in [3.63, 3.8) is 0 Å². The summed E-state index contributed by atoms with van der Waals surface area (Å²) in [5, 5.41) is 17.9. The third kappa shape index (κ3) is 4.16. The summed E-state index contributed by atoms with van der Waals surface area (Å²) in [4.78, 5) is 0.00387. The summed E-state index contributed by atoms with van der Waals surface area (Å²) in [5.41, 5.74) is 8.39. The minimum Gasteiger partial charge on any atom is -0.411 e. The van der Waals surface area contributed by atoms with Crippen molar-refractivity contribution in [3.8, 4) is 17.1 Å². The molecule has 148 valence electrons. The first kappa shape index (κ1) is 19.2. The number of sulfonamides is 1. The molecule has 0 spiro atoms. The average Bonchev–Trinajstić information content (AvgIpc) is 3.33. The lowest BCUT2D eigenvalue weighted by Gasteiger charge is -2.05. The van der Waals surface area contributed by atoms with E-state index in [1.54, 1.807) is 12.1 Å². The maximum absolute atomic E-state index is 11.4. The maximum atomic E-state index is 11.4. The zero-order chi connectivity index (χ0) is 20.4. The number of nitrogens with two attached hydrogens (primary N) is 2. The van der Waals surface area contributed by atoms with E-state index in [1.165, 1.54) is 34.8 Å². The van der Waals surface area contributed by atoms with Gasteiger partial charge in [-0.2, -0.15) is 5.10 Å². The van der Waals surface area contributed by atoms with Crippen LogP contribution in [0, 0.1) is 0 Å². The van der Waals surface area contributed by atoms with Crippen LogP contribution < -0.4 is 10.9 Å². The van der Waals surface area contributed by atoms with Crippen LogP contribution >= 0.6 is 11.8 Å². The van der Waals surface area contributed by atoms with Gasteiger partial charge in [0.15, 0.2) is 0 Å². The first-order valence-electron chi connectivity index (χ1n) is 8.39. The van der Waals surface area contributed by atoms with Crippen molar-refractivity contribution in [2.45, 2.75) is 15.9 Å². The van der Waals surface area contributed by atoms with Gasteiger partial charge in [0, 0.05) is 5.75 Å². The van der Waals surface area contributed by atoms with E-state index in [0.29, 0.717) is 22.2 Å². The molecule has 0 saturated heterocycles. The minimum absolute atomic E-state index is 0.00387. The van der Waals surface area contributed by atoms with Crippen LogP contribution in [0.4, 0.5) is 5.82 Å². The Balaban J connectivity index is 1.54. The summed E-state index contributed by atoms with van der Waals surface area (Å²) in [6, 6.07) is 15.8. The Labute approximate surface area is 170 Å². The molecule has 9 nitrogen and oxygen atoms in total. The topological polar surface area (TPSA) is 143 Å². The summed E-state index contributed by atoms with van der Waals surface area (Å²) in [7, 11) is -3.77. The number of hydrogen-bond acceptors (Lipinski definition) is 8. The smallest absolute Gasteiger partial charge is 0.277 e. The SMILES string of the molecule is Nc1c(-c2nnc(SCc3ccccc3)o2)cnn1-c1ccc(S(N)(=O)=O)cc1. The Hall–Kier alpha value is -3.15. The molecule has 29 heavy (non-hydrogen) atoms. The Kier molecular flexibility index (Phi) is 5.09. The summed E-state index contributed by atoms with van der Waals surface area (Å²) < 4.78 is 29.9. The summed E-state index contributed by atoms with van der Waals surface area (Å²) in [6.07, 6.45) is 1.52. The van der Waals surface area contributed by atoms with E-state index in [0.717, 1.165) is 5.56 Å². The fourth-order valence-corrected chi connectivity index (χ4v) is 3.84. The number of primary sulfonamides is 1. The van der Waals surface area contributed by atoms with Crippen LogP contribution in [-0.2, 0) is 15.8 Å². The monoisotopic (exact) mass is 428 g/mol. The minimum atomic E-state index is -3.77. The number of hydrogen-bond donors (Lipinski definition) is 2. The standard InChI is InChI=1S/C18H16N6O3S2/c19-16-15(10-21-24(16)13-6-8-14(9-7-13)29(20,25)26)17-22-23-18(27-17)28-11-12-4-2-1-3-5-12/h1-10H,11,19H2,(H2,20,25,26). The van der Waals surface area contributed by atoms with E-state index >= 15 is 0 Å². The Morgan fingerprint density at radius 3 is 2.45 bits per heavy atom. The number of nitrogens with zero attached hydrogens (tertiary/aromatic N) is 4. The number of thioether (sulfide) groups is 1. The van der Waals surface area contributed by atoms with Gasteiger partial charge in [0.05, 0.1) is 16.8 Å². The van der Waals surface area contributed by atoms with Crippen molar-refractivity contribution < 1.29 is 12.8 Å². The molecule has 0 radical (unpaired) electrons. The van der Waals surface area contributed by atoms with Gasteiger partial charge >= 0.3 is 0 Å². The molecule has 4 rings (SSSR count). The van der Waals surface area contributed by atoms with Crippen LogP contribution in [0.5, 0.6) is 0 Å². The van der Waals surface area contributed by atoms with Crippen molar-refractivity contribution in [2.75, 3.05) is 5.73 Å². The summed E-state index contributed by atoms with van der Waals surface area (Å²) in [6.45, 7) is 0. The number of anilines is 1. The highest BCUT2D eigenvalue weighted by molar-refractivity contribution is 7.98. The molecule has 2 heterocycles. The highest BCUT2D eigenvalue weighted by atomic mass is 32.2. The predicted molar refractivity (Wildman–Crippen MR) is 109 cm³/mol. The van der Waals surface area contributed by atoms with E-state index in [2.05, 4.69) is 15.3 Å². The Morgan fingerprint density at radius 1 is 1.03 bits per heavy atom. The number of rotatable bonds is 6. The van der Waals surface area contributed by atoms with Crippen LogP contribution in [0.2, 0.25) is 0 Å². The fourth-order valence-electron chi connectivity index (χ4n) is 2.60. The zero-order valence-electron chi connectivity index (χ0n) is 15.0. The van der Waals surface area contributed by atoms with Gasteiger partial charge in [-0.05, 0) is 29.8 Å². The lowest BCUT2D eigenvalue weighted by molar-refractivity contribution is 0.466. The molecule has 0 saturated carbocycles. The molecule has 4 aromatic rings. The largest absolute Gasteiger partial charge is 0.411 e. The summed E-state index contributed by atoms with van der Waals surface area (Å²) in [5.74, 6) is 1.25. The molecular formula is C18H16N6O3S2. The van der Waals surface area contributed by atoms with E-state index < -0.39 is 10.0 Å². The van der Waals surface area contributed by atoms with Crippen LogP contribution in [0.25, 0.3) is 17.1 Å². The van der Waals surface area contributed by atoms with Crippen LogP contribution in [-0.4, -0.2) is 28.4 Å². The number of benzene rings is 2. The van der Waals surface area contributed by atoms with Gasteiger partial charge in [-0.15, -0.1) is 10.2 Å². The van der Waals surface area contributed by atoms with Crippen molar-refractivity contribution in [3.05, 3.63) is 66.4 Å². The maximum Gasteiger partial charge on any atom is 0.277 e. The van der Waals surface area contributed by atoms with Crippen LogP contribution in [0.1, 0.15) is 5.56 Å². The van der Waals surface area contributed by atoms with E-state index in [9.17, 15) is 8.42 Å². The third-order valence-electron chi connectivity index (χ3n) is 4.06. The zero-order valence-corrected chi connectivity index (χ0v) is 16.6. The van der Waals surface area contributed by atoms with Gasteiger partial charge in [-0.3, -0.25) is 0 Å². The van der Waals surface area contributed by atoms with E-state index in [4.69, 9.17) is 15.3 Å². The van der Waals surface area contributed by atoms with Gasteiger partial charge in [0.1, 0.15) is 11.4 Å². The first-order chi connectivity index (χ1) is 13.9. The van der Waals surface area contributed by atoms with E-state index in [1.807, 2.05) is 30.3 Å². The van der Waals surface area contributed by atoms with Gasteiger partial charge in [0.2, 0.25) is 10.0 Å². The first-order valence-corrected chi connectivity index (χ1v) is 10.9. The molecule has 0 amide bonds. The second-order valence-electron chi connectivity index (χ2n) is 6.04. The lowest BCUT2D eigenvalue weighted by atomic mass is 10.2. The van der Waals surface area contributed by atoms with Crippen LogP contribution in [0.3, 0.4) is 0 Å². The van der Waals surface area contributed by atoms with Crippen molar-refractivity contribution in [1.82, 2.24) is 20.0 Å². The molecule has 4 N–H and O–H groups in total. The van der Waals surface area contributed by atoms with Crippen molar-refractivity contribution in [2.24, 2.45) is 5.14 Å². The van der Waals surface area contributed by atoms with E-state index in [-0.39, 0.29) is 16.6 Å². The van der Waals surface area contributed by atoms with Gasteiger partial charge in [-0.25, -0.2) is 18.2 Å². The molecule has 0 aliphatic rings. The molecule has 0 atom stereocenters. The molecule has 11 heteroatoms. The quantitative estimate of drug-likeness (QED) is 0.446.